The Kier molecular flexibility index (Phi) is 4.93. The lowest BCUT2D eigenvalue weighted by Crippen LogP contribution is -2.35. The lowest BCUT2D eigenvalue weighted by molar-refractivity contribution is 0.0937. The standard InChI is InChI=1S/C17H20N2O2/c1-12(8-9-14-6-4-3-5-7-14)19-17(21)15-11-18-13(2)10-16(15)20/h3-7,10-12H,8-9H2,1-2H3,(H,18,20)(H,19,21). The van der Waals surface area contributed by atoms with E-state index in [9.17, 15) is 9.59 Å². The second kappa shape index (κ2) is 6.88. The lowest BCUT2D eigenvalue weighted by Gasteiger charge is -2.13. The summed E-state index contributed by atoms with van der Waals surface area (Å²) in [5.41, 5.74) is 1.90. The first-order valence-corrected chi connectivity index (χ1v) is 7.10. The summed E-state index contributed by atoms with van der Waals surface area (Å²) in [7, 11) is 0. The smallest absolute Gasteiger partial charge is 0.256 e. The van der Waals surface area contributed by atoms with Gasteiger partial charge in [-0.15, -0.1) is 0 Å². The summed E-state index contributed by atoms with van der Waals surface area (Å²) < 4.78 is 0. The molecule has 1 heterocycles. The number of pyridine rings is 1. The van der Waals surface area contributed by atoms with Gasteiger partial charge in [0.05, 0.1) is 0 Å². The quantitative estimate of drug-likeness (QED) is 0.886. The molecular formula is C17H20N2O2. The maximum atomic E-state index is 12.1. The highest BCUT2D eigenvalue weighted by atomic mass is 16.2. The van der Waals surface area contributed by atoms with Gasteiger partial charge in [0.25, 0.3) is 5.91 Å². The van der Waals surface area contributed by atoms with E-state index in [1.165, 1.54) is 17.8 Å². The van der Waals surface area contributed by atoms with Gasteiger partial charge in [-0.2, -0.15) is 0 Å². The molecule has 1 amide bonds. The Morgan fingerprint density at radius 2 is 2.00 bits per heavy atom. The number of carbonyl (C=O) groups is 1. The molecule has 2 N–H and O–H groups in total. The predicted octanol–water partition coefficient (Wildman–Crippen LogP) is 2.43. The summed E-state index contributed by atoms with van der Waals surface area (Å²) in [5.74, 6) is -0.322. The molecule has 0 saturated heterocycles. The maximum absolute atomic E-state index is 12.1. The molecule has 0 aliphatic heterocycles. The minimum Gasteiger partial charge on any atom is -0.364 e. The number of hydrogen-bond donors (Lipinski definition) is 2. The number of aromatic amines is 1. The minimum absolute atomic E-state index is 0.0124. The van der Waals surface area contributed by atoms with Gasteiger partial charge in [0.2, 0.25) is 0 Å². The molecule has 0 saturated carbocycles. The molecule has 0 fully saturated rings. The van der Waals surface area contributed by atoms with Crippen molar-refractivity contribution in [1.29, 1.82) is 0 Å². The van der Waals surface area contributed by atoms with E-state index < -0.39 is 0 Å². The van der Waals surface area contributed by atoms with Crippen molar-refractivity contribution in [3.8, 4) is 0 Å². The number of hydrogen-bond acceptors (Lipinski definition) is 2. The number of carbonyl (C=O) groups excluding carboxylic acids is 1. The number of amides is 1. The first kappa shape index (κ1) is 15.0. The van der Waals surface area contributed by atoms with Crippen molar-refractivity contribution in [3.05, 3.63) is 69.6 Å². The van der Waals surface area contributed by atoms with Crippen LogP contribution in [-0.4, -0.2) is 16.9 Å². The fraction of sp³-hybridized carbons (Fsp3) is 0.294. The first-order chi connectivity index (χ1) is 10.1. The average Bonchev–Trinajstić information content (AvgIpc) is 2.46. The van der Waals surface area contributed by atoms with E-state index in [1.807, 2.05) is 25.1 Å². The largest absolute Gasteiger partial charge is 0.364 e. The zero-order chi connectivity index (χ0) is 15.2. The van der Waals surface area contributed by atoms with Gasteiger partial charge in [-0.05, 0) is 32.3 Å². The number of nitrogens with one attached hydrogen (secondary N) is 2. The Balaban J connectivity index is 1.91. The van der Waals surface area contributed by atoms with Gasteiger partial charge in [-0.1, -0.05) is 30.3 Å². The van der Waals surface area contributed by atoms with Crippen molar-refractivity contribution in [2.24, 2.45) is 0 Å². The third-order valence-electron chi connectivity index (χ3n) is 3.39. The second-order valence-electron chi connectivity index (χ2n) is 5.29. The van der Waals surface area contributed by atoms with Crippen LogP contribution in [0.3, 0.4) is 0 Å². The highest BCUT2D eigenvalue weighted by Crippen LogP contribution is 2.05. The third kappa shape index (κ3) is 4.31. The summed E-state index contributed by atoms with van der Waals surface area (Å²) in [5, 5.41) is 2.87. The van der Waals surface area contributed by atoms with Gasteiger partial charge in [0, 0.05) is 24.0 Å². The summed E-state index contributed by atoms with van der Waals surface area (Å²) in [6.45, 7) is 3.73. The topological polar surface area (TPSA) is 62.0 Å². The van der Waals surface area contributed by atoms with Crippen LogP contribution in [-0.2, 0) is 6.42 Å². The number of rotatable bonds is 5. The number of aryl methyl sites for hydroxylation is 2. The molecule has 0 spiro atoms. The van der Waals surface area contributed by atoms with Gasteiger partial charge >= 0.3 is 0 Å². The molecule has 1 aromatic heterocycles. The summed E-state index contributed by atoms with van der Waals surface area (Å²) in [4.78, 5) is 26.7. The van der Waals surface area contributed by atoms with Crippen molar-refractivity contribution in [2.45, 2.75) is 32.7 Å². The van der Waals surface area contributed by atoms with Crippen molar-refractivity contribution in [2.75, 3.05) is 0 Å². The summed E-state index contributed by atoms with van der Waals surface area (Å²) in [6.07, 6.45) is 3.20. The van der Waals surface area contributed by atoms with Crippen LogP contribution in [0.25, 0.3) is 0 Å². The van der Waals surface area contributed by atoms with Gasteiger partial charge in [0.15, 0.2) is 5.43 Å². The highest BCUT2D eigenvalue weighted by molar-refractivity contribution is 5.93. The molecule has 1 aromatic carbocycles. The van der Waals surface area contributed by atoms with Gasteiger partial charge in [0.1, 0.15) is 5.56 Å². The Hall–Kier alpha value is -2.36. The van der Waals surface area contributed by atoms with E-state index in [0.29, 0.717) is 0 Å². The van der Waals surface area contributed by atoms with Crippen LogP contribution in [0.1, 0.15) is 35.0 Å². The first-order valence-electron chi connectivity index (χ1n) is 7.10. The van der Waals surface area contributed by atoms with Crippen molar-refractivity contribution >= 4 is 5.91 Å². The normalized spacial score (nSPS) is 11.9. The van der Waals surface area contributed by atoms with E-state index in [-0.39, 0.29) is 22.9 Å². The molecule has 110 valence electrons. The Bertz CT molecular complexity index is 662. The fourth-order valence-corrected chi connectivity index (χ4v) is 2.15. The van der Waals surface area contributed by atoms with Crippen LogP contribution in [0.2, 0.25) is 0 Å². The summed E-state index contributed by atoms with van der Waals surface area (Å²) >= 11 is 0. The van der Waals surface area contributed by atoms with Crippen LogP contribution < -0.4 is 10.7 Å². The Labute approximate surface area is 124 Å². The molecular weight excluding hydrogens is 264 g/mol. The molecule has 0 bridgehead atoms. The molecule has 2 rings (SSSR count). The summed E-state index contributed by atoms with van der Waals surface area (Å²) in [6, 6.07) is 11.6. The minimum atomic E-state index is -0.322. The zero-order valence-electron chi connectivity index (χ0n) is 12.3. The molecule has 4 nitrogen and oxygen atoms in total. The highest BCUT2D eigenvalue weighted by Gasteiger charge is 2.13. The molecule has 2 aromatic rings. The predicted molar refractivity (Wildman–Crippen MR) is 83.5 cm³/mol. The van der Waals surface area contributed by atoms with Crippen molar-refractivity contribution in [1.82, 2.24) is 10.3 Å². The zero-order valence-corrected chi connectivity index (χ0v) is 12.3. The SMILES string of the molecule is Cc1cc(=O)c(C(=O)NC(C)CCc2ccccc2)c[nH]1. The van der Waals surface area contributed by atoms with Crippen LogP contribution in [0.5, 0.6) is 0 Å². The van der Waals surface area contributed by atoms with Crippen LogP contribution in [0, 0.1) is 6.92 Å². The lowest BCUT2D eigenvalue weighted by atomic mass is 10.1. The fourth-order valence-electron chi connectivity index (χ4n) is 2.15. The van der Waals surface area contributed by atoms with Gasteiger partial charge in [-0.25, -0.2) is 0 Å². The van der Waals surface area contributed by atoms with Crippen LogP contribution in [0.4, 0.5) is 0 Å². The van der Waals surface area contributed by atoms with Gasteiger partial charge in [-0.3, -0.25) is 9.59 Å². The molecule has 0 aliphatic carbocycles. The molecule has 4 heteroatoms. The van der Waals surface area contributed by atoms with E-state index in [4.69, 9.17) is 0 Å². The van der Waals surface area contributed by atoms with E-state index in [2.05, 4.69) is 22.4 Å². The van der Waals surface area contributed by atoms with Crippen LogP contribution >= 0.6 is 0 Å². The second-order valence-corrected chi connectivity index (χ2v) is 5.29. The molecule has 1 unspecified atom stereocenters. The molecule has 0 aliphatic rings. The molecule has 21 heavy (non-hydrogen) atoms. The van der Waals surface area contributed by atoms with Gasteiger partial charge < -0.3 is 10.3 Å². The van der Waals surface area contributed by atoms with Crippen molar-refractivity contribution < 1.29 is 4.79 Å². The average molecular weight is 284 g/mol. The number of benzene rings is 1. The maximum Gasteiger partial charge on any atom is 0.256 e. The third-order valence-corrected chi connectivity index (χ3v) is 3.39. The van der Waals surface area contributed by atoms with Crippen molar-refractivity contribution in [3.63, 3.8) is 0 Å². The monoisotopic (exact) mass is 284 g/mol. The van der Waals surface area contributed by atoms with Crippen LogP contribution in [0.15, 0.2) is 47.4 Å². The number of aromatic nitrogens is 1. The van der Waals surface area contributed by atoms with E-state index >= 15 is 0 Å². The molecule has 0 radical (unpaired) electrons. The van der Waals surface area contributed by atoms with E-state index in [1.54, 1.807) is 6.92 Å². The molecule has 1 atom stereocenters. The number of H-pyrrole nitrogens is 1. The Morgan fingerprint density at radius 1 is 1.29 bits per heavy atom. The van der Waals surface area contributed by atoms with E-state index in [0.717, 1.165) is 18.5 Å². The Morgan fingerprint density at radius 3 is 2.67 bits per heavy atom.